The third-order valence-electron chi connectivity index (χ3n) is 5.17. The van der Waals surface area contributed by atoms with Gasteiger partial charge in [-0.2, -0.15) is 0 Å². The molecule has 3 rings (SSSR count). The molecule has 1 heterocycles. The first-order valence-electron chi connectivity index (χ1n) is 7.83. The van der Waals surface area contributed by atoms with E-state index in [1.54, 1.807) is 19.0 Å². The molecule has 0 radical (unpaired) electrons. The van der Waals surface area contributed by atoms with Gasteiger partial charge in [0.05, 0.1) is 10.7 Å². The Morgan fingerprint density at radius 3 is 2.76 bits per heavy atom. The molecular weight excluding hydrogens is 282 g/mol. The van der Waals surface area contributed by atoms with Gasteiger partial charge in [0, 0.05) is 20.1 Å². The Bertz CT molecular complexity index is 540. The van der Waals surface area contributed by atoms with E-state index < -0.39 is 0 Å². The van der Waals surface area contributed by atoms with E-state index in [9.17, 15) is 4.79 Å². The van der Waals surface area contributed by atoms with Crippen LogP contribution in [-0.4, -0.2) is 30.9 Å². The van der Waals surface area contributed by atoms with Crippen molar-refractivity contribution >= 4 is 27.9 Å². The number of nitrogens with one attached hydrogen (secondary N) is 1. The van der Waals surface area contributed by atoms with Crippen LogP contribution in [-0.2, 0) is 0 Å². The standard InChI is InChI=1S/C16H25N3OS/c1-9(12-7-10-4-5-11(12)6-10)18-14-8-13(17)15(21-14)16(20)19(2)3/h8-12,18H,4-7,17H2,1-3H3. The van der Waals surface area contributed by atoms with Crippen LogP contribution in [0, 0.1) is 17.8 Å². The number of nitrogens with two attached hydrogens (primary N) is 1. The Balaban J connectivity index is 1.68. The van der Waals surface area contributed by atoms with Gasteiger partial charge in [0.15, 0.2) is 0 Å². The molecule has 0 spiro atoms. The third kappa shape index (κ3) is 2.76. The van der Waals surface area contributed by atoms with Crippen molar-refractivity contribution in [2.24, 2.45) is 17.8 Å². The molecule has 21 heavy (non-hydrogen) atoms. The molecule has 116 valence electrons. The van der Waals surface area contributed by atoms with Crippen LogP contribution in [0.2, 0.25) is 0 Å². The van der Waals surface area contributed by atoms with Gasteiger partial charge in [-0.15, -0.1) is 11.3 Å². The number of nitrogen functional groups attached to an aromatic ring is 1. The molecule has 0 saturated heterocycles. The first kappa shape index (κ1) is 14.7. The molecule has 2 bridgehead atoms. The molecule has 3 N–H and O–H groups in total. The predicted octanol–water partition coefficient (Wildman–Crippen LogP) is 3.27. The van der Waals surface area contributed by atoms with Gasteiger partial charge in [-0.25, -0.2) is 0 Å². The van der Waals surface area contributed by atoms with Crippen molar-refractivity contribution in [3.63, 3.8) is 0 Å². The van der Waals surface area contributed by atoms with Gasteiger partial charge in [-0.3, -0.25) is 4.79 Å². The molecule has 5 heteroatoms. The van der Waals surface area contributed by atoms with Crippen LogP contribution in [0.4, 0.5) is 10.7 Å². The van der Waals surface area contributed by atoms with Crippen LogP contribution >= 0.6 is 11.3 Å². The van der Waals surface area contributed by atoms with Crippen molar-refractivity contribution < 1.29 is 4.79 Å². The second-order valence-corrected chi connectivity index (χ2v) is 7.92. The van der Waals surface area contributed by atoms with E-state index in [1.165, 1.54) is 37.0 Å². The molecule has 2 aliphatic rings. The van der Waals surface area contributed by atoms with E-state index >= 15 is 0 Å². The van der Waals surface area contributed by atoms with Crippen molar-refractivity contribution in [2.45, 2.75) is 38.6 Å². The molecule has 0 aliphatic heterocycles. The monoisotopic (exact) mass is 307 g/mol. The van der Waals surface area contributed by atoms with Gasteiger partial charge < -0.3 is 16.0 Å². The number of rotatable bonds is 4. The minimum absolute atomic E-state index is 0.0156. The van der Waals surface area contributed by atoms with Gasteiger partial charge in [0.2, 0.25) is 0 Å². The summed E-state index contributed by atoms with van der Waals surface area (Å²) in [6.45, 7) is 2.27. The highest BCUT2D eigenvalue weighted by Gasteiger charge is 2.41. The fraction of sp³-hybridized carbons (Fsp3) is 0.688. The zero-order valence-corrected chi connectivity index (χ0v) is 13.9. The highest BCUT2D eigenvalue weighted by Crippen LogP contribution is 2.50. The van der Waals surface area contributed by atoms with Crippen molar-refractivity contribution in [3.05, 3.63) is 10.9 Å². The molecule has 0 aromatic carbocycles. The van der Waals surface area contributed by atoms with Gasteiger partial charge >= 0.3 is 0 Å². The van der Waals surface area contributed by atoms with E-state index in [1.807, 2.05) is 6.07 Å². The summed E-state index contributed by atoms with van der Waals surface area (Å²) in [7, 11) is 3.51. The molecule has 1 aromatic rings. The maximum absolute atomic E-state index is 12.1. The third-order valence-corrected chi connectivity index (χ3v) is 6.24. The van der Waals surface area contributed by atoms with Crippen molar-refractivity contribution in [2.75, 3.05) is 25.1 Å². The maximum Gasteiger partial charge on any atom is 0.265 e. The molecule has 1 aromatic heterocycles. The zero-order valence-electron chi connectivity index (χ0n) is 13.1. The fourth-order valence-electron chi connectivity index (χ4n) is 4.08. The Labute approximate surface area is 130 Å². The second kappa shape index (κ2) is 5.52. The Morgan fingerprint density at radius 2 is 2.19 bits per heavy atom. The number of nitrogens with zero attached hydrogens (tertiary/aromatic N) is 1. The van der Waals surface area contributed by atoms with E-state index in [2.05, 4.69) is 12.2 Å². The van der Waals surface area contributed by atoms with E-state index in [4.69, 9.17) is 5.73 Å². The minimum Gasteiger partial charge on any atom is -0.397 e. The van der Waals surface area contributed by atoms with Crippen molar-refractivity contribution in [3.8, 4) is 0 Å². The number of carbonyl (C=O) groups is 1. The topological polar surface area (TPSA) is 58.4 Å². The number of thiophene rings is 1. The summed E-state index contributed by atoms with van der Waals surface area (Å²) >= 11 is 1.48. The number of hydrogen-bond donors (Lipinski definition) is 2. The number of fused-ring (bicyclic) bond motifs is 2. The lowest BCUT2D eigenvalue weighted by atomic mass is 9.84. The normalized spacial score (nSPS) is 28.6. The number of amides is 1. The summed E-state index contributed by atoms with van der Waals surface area (Å²) in [6.07, 6.45) is 5.62. The van der Waals surface area contributed by atoms with E-state index in [0.29, 0.717) is 16.6 Å². The van der Waals surface area contributed by atoms with Crippen LogP contribution < -0.4 is 11.1 Å². The quantitative estimate of drug-likeness (QED) is 0.897. The fourth-order valence-corrected chi connectivity index (χ4v) is 5.18. The van der Waals surface area contributed by atoms with Crippen molar-refractivity contribution in [1.82, 2.24) is 4.90 Å². The summed E-state index contributed by atoms with van der Waals surface area (Å²) < 4.78 is 0. The molecule has 2 fully saturated rings. The molecule has 4 nitrogen and oxygen atoms in total. The van der Waals surface area contributed by atoms with Crippen LogP contribution in [0.3, 0.4) is 0 Å². The van der Waals surface area contributed by atoms with Crippen LogP contribution in [0.25, 0.3) is 0 Å². The van der Waals surface area contributed by atoms with Gasteiger partial charge in [-0.05, 0) is 50.0 Å². The molecule has 1 amide bonds. The maximum atomic E-state index is 12.1. The van der Waals surface area contributed by atoms with Crippen LogP contribution in [0.5, 0.6) is 0 Å². The number of anilines is 2. The lowest BCUT2D eigenvalue weighted by Crippen LogP contribution is -2.29. The largest absolute Gasteiger partial charge is 0.397 e. The molecular formula is C16H25N3OS. The van der Waals surface area contributed by atoms with E-state index in [0.717, 1.165) is 22.8 Å². The smallest absolute Gasteiger partial charge is 0.265 e. The highest BCUT2D eigenvalue weighted by atomic mass is 32.1. The SMILES string of the molecule is CC(Nc1cc(N)c(C(=O)N(C)C)s1)C1CC2CCC1C2. The zero-order chi connectivity index (χ0) is 15.1. The summed E-state index contributed by atoms with van der Waals surface area (Å²) in [6, 6.07) is 2.37. The van der Waals surface area contributed by atoms with Gasteiger partial charge in [0.1, 0.15) is 4.88 Å². The van der Waals surface area contributed by atoms with Crippen LogP contribution in [0.15, 0.2) is 6.07 Å². The summed E-state index contributed by atoms with van der Waals surface area (Å²) in [5.74, 6) is 2.62. The Morgan fingerprint density at radius 1 is 1.43 bits per heavy atom. The molecule has 2 aliphatic carbocycles. The van der Waals surface area contributed by atoms with Gasteiger partial charge in [-0.1, -0.05) is 6.42 Å². The number of hydrogen-bond acceptors (Lipinski definition) is 4. The highest BCUT2D eigenvalue weighted by molar-refractivity contribution is 7.18. The summed E-state index contributed by atoms with van der Waals surface area (Å²) in [5.41, 5.74) is 6.58. The van der Waals surface area contributed by atoms with Crippen LogP contribution in [0.1, 0.15) is 42.3 Å². The Hall–Kier alpha value is -1.23. The van der Waals surface area contributed by atoms with E-state index in [-0.39, 0.29) is 5.91 Å². The average molecular weight is 307 g/mol. The molecule has 4 unspecified atom stereocenters. The summed E-state index contributed by atoms with van der Waals surface area (Å²) in [4.78, 5) is 14.3. The average Bonchev–Trinajstić information content (AvgIpc) is 3.12. The first-order chi connectivity index (χ1) is 9.95. The predicted molar refractivity (Wildman–Crippen MR) is 88.8 cm³/mol. The van der Waals surface area contributed by atoms with Crippen molar-refractivity contribution in [1.29, 1.82) is 0 Å². The lowest BCUT2D eigenvalue weighted by molar-refractivity contribution is 0.0833. The first-order valence-corrected chi connectivity index (χ1v) is 8.65. The molecule has 4 atom stereocenters. The second-order valence-electron chi connectivity index (χ2n) is 6.87. The van der Waals surface area contributed by atoms with Gasteiger partial charge in [0.25, 0.3) is 5.91 Å². The number of carbonyl (C=O) groups excluding carboxylic acids is 1. The minimum atomic E-state index is -0.0156. The molecule has 2 saturated carbocycles. The lowest BCUT2D eigenvalue weighted by Gasteiger charge is -2.28. The summed E-state index contributed by atoms with van der Waals surface area (Å²) in [5, 5.41) is 4.61. The Kier molecular flexibility index (Phi) is 3.86.